The van der Waals surface area contributed by atoms with E-state index in [2.05, 4.69) is 16.7 Å². The van der Waals surface area contributed by atoms with E-state index in [0.29, 0.717) is 6.04 Å². The standard InChI is InChI=1S/C14H16N2/c15-8-12-1-2-14-11-4-9-3-10(5-11)7-13(6-9)16(12)14/h1-2,9-11,13H,3-7H2. The van der Waals surface area contributed by atoms with Gasteiger partial charge in [0.05, 0.1) is 0 Å². The van der Waals surface area contributed by atoms with E-state index in [1.165, 1.54) is 37.8 Å². The lowest BCUT2D eigenvalue weighted by Crippen LogP contribution is -2.26. The molecule has 5 rings (SSSR count). The highest BCUT2D eigenvalue weighted by Crippen LogP contribution is 2.53. The molecule has 2 aliphatic heterocycles. The molecular weight excluding hydrogens is 196 g/mol. The summed E-state index contributed by atoms with van der Waals surface area (Å²) in [6.45, 7) is 0. The summed E-state index contributed by atoms with van der Waals surface area (Å²) < 4.78 is 2.38. The SMILES string of the molecule is N#Cc1ccc2n1C1CC3CC(CC2C3)C1. The molecule has 3 heterocycles. The Labute approximate surface area is 95.9 Å². The number of nitrogens with zero attached hydrogens (tertiary/aromatic N) is 2. The second-order valence-corrected chi connectivity index (χ2v) is 5.89. The Morgan fingerprint density at radius 3 is 2.50 bits per heavy atom. The molecule has 1 aromatic heterocycles. The van der Waals surface area contributed by atoms with Gasteiger partial charge in [-0.3, -0.25) is 0 Å². The van der Waals surface area contributed by atoms with E-state index in [0.717, 1.165) is 23.4 Å². The first kappa shape index (κ1) is 8.87. The summed E-state index contributed by atoms with van der Waals surface area (Å²) in [5, 5.41) is 9.20. The summed E-state index contributed by atoms with van der Waals surface area (Å²) in [7, 11) is 0. The number of aromatic nitrogens is 1. The predicted octanol–water partition coefficient (Wildman–Crippen LogP) is 3.21. The summed E-state index contributed by atoms with van der Waals surface area (Å²) in [5.74, 6) is 2.63. The van der Waals surface area contributed by atoms with Crippen LogP contribution in [0.15, 0.2) is 12.1 Å². The van der Waals surface area contributed by atoms with Crippen molar-refractivity contribution in [3.8, 4) is 6.07 Å². The van der Waals surface area contributed by atoms with Crippen LogP contribution in [0.2, 0.25) is 0 Å². The van der Waals surface area contributed by atoms with Crippen molar-refractivity contribution < 1.29 is 0 Å². The lowest BCUT2D eigenvalue weighted by molar-refractivity contribution is 0.150. The molecule has 2 atom stereocenters. The van der Waals surface area contributed by atoms with Crippen molar-refractivity contribution in [2.24, 2.45) is 11.8 Å². The Bertz CT molecular complexity index is 465. The molecule has 0 spiro atoms. The van der Waals surface area contributed by atoms with Crippen molar-refractivity contribution in [2.75, 3.05) is 0 Å². The Morgan fingerprint density at radius 2 is 1.81 bits per heavy atom. The summed E-state index contributed by atoms with van der Waals surface area (Å²) in [6.07, 6.45) is 6.86. The van der Waals surface area contributed by atoms with Gasteiger partial charge >= 0.3 is 0 Å². The van der Waals surface area contributed by atoms with Gasteiger partial charge in [-0.05, 0) is 62.0 Å². The third kappa shape index (κ3) is 1.01. The Hall–Kier alpha value is -1.23. The molecule has 1 aromatic rings. The van der Waals surface area contributed by atoms with Gasteiger partial charge in [-0.2, -0.15) is 5.26 Å². The van der Waals surface area contributed by atoms with Crippen LogP contribution in [0.5, 0.6) is 0 Å². The molecule has 82 valence electrons. The molecule has 2 fully saturated rings. The molecular formula is C14H16N2. The first-order valence-electron chi connectivity index (χ1n) is 6.46. The quantitative estimate of drug-likeness (QED) is 0.649. The van der Waals surface area contributed by atoms with Crippen LogP contribution in [0.1, 0.15) is 55.5 Å². The zero-order chi connectivity index (χ0) is 10.7. The second kappa shape index (κ2) is 2.91. The van der Waals surface area contributed by atoms with Gasteiger partial charge in [-0.25, -0.2) is 0 Å². The molecule has 0 N–H and O–H groups in total. The van der Waals surface area contributed by atoms with Crippen LogP contribution in [-0.2, 0) is 0 Å². The average molecular weight is 212 g/mol. The monoisotopic (exact) mass is 212 g/mol. The third-order valence-electron chi connectivity index (χ3n) is 4.96. The summed E-state index contributed by atoms with van der Waals surface area (Å²) in [4.78, 5) is 0. The second-order valence-electron chi connectivity index (χ2n) is 5.89. The van der Waals surface area contributed by atoms with Crippen LogP contribution in [-0.4, -0.2) is 4.57 Å². The fourth-order valence-corrected chi connectivity index (χ4v) is 4.56. The van der Waals surface area contributed by atoms with E-state index in [1.54, 1.807) is 0 Å². The summed E-state index contributed by atoms with van der Waals surface area (Å²) >= 11 is 0. The zero-order valence-corrected chi connectivity index (χ0v) is 9.39. The van der Waals surface area contributed by atoms with E-state index in [-0.39, 0.29) is 0 Å². The van der Waals surface area contributed by atoms with Crippen LogP contribution >= 0.6 is 0 Å². The van der Waals surface area contributed by atoms with Gasteiger partial charge < -0.3 is 4.57 Å². The highest BCUT2D eigenvalue weighted by molar-refractivity contribution is 5.32. The van der Waals surface area contributed by atoms with Crippen molar-refractivity contribution >= 4 is 0 Å². The molecule has 0 amide bonds. The largest absolute Gasteiger partial charge is 0.333 e. The van der Waals surface area contributed by atoms with Gasteiger partial charge in [0, 0.05) is 11.7 Å². The fraction of sp³-hybridized carbons (Fsp3) is 0.643. The van der Waals surface area contributed by atoms with Crippen LogP contribution in [0.25, 0.3) is 0 Å². The number of hydrogen-bond donors (Lipinski definition) is 0. The minimum Gasteiger partial charge on any atom is -0.333 e. The van der Waals surface area contributed by atoms with Crippen LogP contribution in [0.3, 0.4) is 0 Å². The maximum atomic E-state index is 9.20. The fourth-order valence-electron chi connectivity index (χ4n) is 4.56. The molecule has 4 aliphatic rings. The highest BCUT2D eigenvalue weighted by Gasteiger charge is 2.42. The van der Waals surface area contributed by atoms with Gasteiger partial charge in [-0.1, -0.05) is 0 Å². The molecule has 0 aromatic carbocycles. The van der Waals surface area contributed by atoms with Gasteiger partial charge in [-0.15, -0.1) is 0 Å². The topological polar surface area (TPSA) is 28.7 Å². The van der Waals surface area contributed by atoms with Crippen LogP contribution < -0.4 is 0 Å². The molecule has 0 radical (unpaired) electrons. The van der Waals surface area contributed by atoms with Gasteiger partial charge in [0.1, 0.15) is 11.8 Å². The maximum absolute atomic E-state index is 9.20. The van der Waals surface area contributed by atoms with Gasteiger partial charge in [0.2, 0.25) is 0 Å². The predicted molar refractivity (Wildman–Crippen MR) is 61.0 cm³/mol. The molecule has 0 saturated heterocycles. The smallest absolute Gasteiger partial charge is 0.120 e. The van der Waals surface area contributed by atoms with Crippen molar-refractivity contribution in [1.82, 2.24) is 4.57 Å². The van der Waals surface area contributed by atoms with Crippen molar-refractivity contribution in [2.45, 2.75) is 44.1 Å². The lowest BCUT2D eigenvalue weighted by Gasteiger charge is -2.38. The molecule has 2 nitrogen and oxygen atoms in total. The van der Waals surface area contributed by atoms with Crippen molar-refractivity contribution in [3.63, 3.8) is 0 Å². The molecule has 2 aliphatic carbocycles. The molecule has 2 heteroatoms. The number of nitriles is 1. The van der Waals surface area contributed by atoms with Crippen molar-refractivity contribution in [3.05, 3.63) is 23.5 Å². The maximum Gasteiger partial charge on any atom is 0.120 e. The average Bonchev–Trinajstić information content (AvgIpc) is 2.63. The Morgan fingerprint density at radius 1 is 1.06 bits per heavy atom. The van der Waals surface area contributed by atoms with Crippen LogP contribution in [0.4, 0.5) is 0 Å². The Balaban J connectivity index is 1.92. The summed E-state index contributed by atoms with van der Waals surface area (Å²) in [6, 6.07) is 7.24. The summed E-state index contributed by atoms with van der Waals surface area (Å²) in [5.41, 5.74) is 2.36. The number of hydrogen-bond acceptors (Lipinski definition) is 1. The molecule has 4 bridgehead atoms. The first-order valence-corrected chi connectivity index (χ1v) is 6.46. The molecule has 2 saturated carbocycles. The molecule has 16 heavy (non-hydrogen) atoms. The zero-order valence-electron chi connectivity index (χ0n) is 9.39. The van der Waals surface area contributed by atoms with E-state index in [1.807, 2.05) is 6.07 Å². The minimum atomic E-state index is 0.635. The van der Waals surface area contributed by atoms with Gasteiger partial charge in [0.15, 0.2) is 0 Å². The van der Waals surface area contributed by atoms with Gasteiger partial charge in [0.25, 0.3) is 0 Å². The molecule has 2 unspecified atom stereocenters. The highest BCUT2D eigenvalue weighted by atomic mass is 15.1. The van der Waals surface area contributed by atoms with E-state index in [9.17, 15) is 5.26 Å². The Kier molecular flexibility index (Phi) is 1.61. The normalized spacial score (nSPS) is 39.2. The van der Waals surface area contributed by atoms with E-state index < -0.39 is 0 Å². The van der Waals surface area contributed by atoms with Crippen molar-refractivity contribution in [1.29, 1.82) is 5.26 Å². The lowest BCUT2D eigenvalue weighted by atomic mass is 9.67. The first-order chi connectivity index (χ1) is 7.85. The third-order valence-corrected chi connectivity index (χ3v) is 4.96. The van der Waals surface area contributed by atoms with E-state index >= 15 is 0 Å². The van der Waals surface area contributed by atoms with Crippen LogP contribution in [0, 0.1) is 23.2 Å². The van der Waals surface area contributed by atoms with E-state index in [4.69, 9.17) is 0 Å². The number of rotatable bonds is 0. The minimum absolute atomic E-state index is 0.635.